The second-order valence-corrected chi connectivity index (χ2v) is 8.98. The molecule has 0 fully saturated rings. The van der Waals surface area contributed by atoms with E-state index in [9.17, 15) is 0 Å². The van der Waals surface area contributed by atoms with Crippen molar-refractivity contribution < 1.29 is 0 Å². The Hall–Kier alpha value is -3.84. The number of hydrogen-bond acceptors (Lipinski definition) is 1. The van der Waals surface area contributed by atoms with Crippen LogP contribution in [0.25, 0.3) is 0 Å². The summed E-state index contributed by atoms with van der Waals surface area (Å²) in [6.45, 7) is 15.0. The van der Waals surface area contributed by atoms with Crippen LogP contribution in [0.3, 0.4) is 0 Å². The molecule has 2 aromatic rings. The van der Waals surface area contributed by atoms with Gasteiger partial charge in [0.05, 0.1) is 0 Å². The van der Waals surface area contributed by atoms with E-state index in [1.807, 2.05) is 13.8 Å². The molecule has 1 heteroatoms. The molecule has 1 unspecified atom stereocenters. The van der Waals surface area contributed by atoms with Gasteiger partial charge in [-0.15, -0.1) is 13.2 Å². The molecular formula is C35H41N. The quantitative estimate of drug-likeness (QED) is 0.424. The Labute approximate surface area is 219 Å². The third-order valence-electron chi connectivity index (χ3n) is 6.12. The molecule has 1 N–H and O–H groups in total. The lowest BCUT2D eigenvalue weighted by atomic mass is 9.65. The summed E-state index contributed by atoms with van der Waals surface area (Å²) in [4.78, 5) is 0. The summed E-state index contributed by atoms with van der Waals surface area (Å²) in [6, 6.07) is 17.4. The monoisotopic (exact) mass is 475 g/mol. The van der Waals surface area contributed by atoms with Crippen LogP contribution < -0.4 is 5.32 Å². The van der Waals surface area contributed by atoms with Crippen molar-refractivity contribution in [2.75, 3.05) is 5.32 Å². The van der Waals surface area contributed by atoms with Gasteiger partial charge >= 0.3 is 0 Å². The summed E-state index contributed by atoms with van der Waals surface area (Å²) in [6.07, 6.45) is 28.6. The first kappa shape index (κ1) is 28.4. The topological polar surface area (TPSA) is 12.0 Å². The molecule has 0 saturated carbocycles. The standard InChI is InChI=1S/C29H29N.2C3H6/c1-23-15-19-27(20-16-23)30-28-21-17-26(18-22-28)29(2,24-11-7-3-4-8-12-24)25-13-9-5-6-10-14-25;2*1-3-2/h3-13,15-22,24,30H,14H2,1-2H3;2*3H,1H2,2H3. The molecule has 2 aliphatic carbocycles. The van der Waals surface area contributed by atoms with E-state index in [1.54, 1.807) is 12.2 Å². The molecule has 36 heavy (non-hydrogen) atoms. The number of nitrogens with one attached hydrogen (secondary N) is 1. The Bertz CT molecular complexity index is 1110. The second kappa shape index (κ2) is 15.2. The first-order chi connectivity index (χ1) is 17.5. The van der Waals surface area contributed by atoms with E-state index in [0.29, 0.717) is 0 Å². The fourth-order valence-corrected chi connectivity index (χ4v) is 4.20. The molecule has 2 aliphatic rings. The molecule has 0 amide bonds. The fourth-order valence-electron chi connectivity index (χ4n) is 4.20. The average Bonchev–Trinajstić information content (AvgIpc) is 3.33. The highest BCUT2D eigenvalue weighted by molar-refractivity contribution is 5.61. The van der Waals surface area contributed by atoms with Crippen LogP contribution in [-0.2, 0) is 5.41 Å². The summed E-state index contributed by atoms with van der Waals surface area (Å²) in [5.74, 6) is 0.287. The molecule has 0 radical (unpaired) electrons. The van der Waals surface area contributed by atoms with E-state index in [1.165, 1.54) is 16.7 Å². The normalized spacial score (nSPS) is 15.6. The van der Waals surface area contributed by atoms with Gasteiger partial charge in [-0.05, 0) is 57.0 Å². The van der Waals surface area contributed by atoms with E-state index in [0.717, 1.165) is 17.8 Å². The lowest BCUT2D eigenvalue weighted by Crippen LogP contribution is -2.32. The molecule has 0 heterocycles. The van der Waals surface area contributed by atoms with Crippen molar-refractivity contribution in [3.8, 4) is 0 Å². The zero-order valence-corrected chi connectivity index (χ0v) is 22.3. The van der Waals surface area contributed by atoms with Crippen LogP contribution >= 0.6 is 0 Å². The molecule has 0 aliphatic heterocycles. The minimum Gasteiger partial charge on any atom is -0.356 e. The van der Waals surface area contributed by atoms with E-state index < -0.39 is 0 Å². The van der Waals surface area contributed by atoms with Crippen LogP contribution in [0.1, 0.15) is 38.3 Å². The van der Waals surface area contributed by atoms with Gasteiger partial charge in [0.1, 0.15) is 0 Å². The molecule has 2 aromatic carbocycles. The average molecular weight is 476 g/mol. The number of allylic oxidation sites excluding steroid dienone is 14. The second-order valence-electron chi connectivity index (χ2n) is 8.98. The Morgan fingerprint density at radius 2 is 1.25 bits per heavy atom. The number of benzene rings is 2. The van der Waals surface area contributed by atoms with E-state index in [-0.39, 0.29) is 11.3 Å². The summed E-state index contributed by atoms with van der Waals surface area (Å²) in [5.41, 5.74) is 6.11. The number of hydrogen-bond donors (Lipinski definition) is 1. The minimum absolute atomic E-state index is 0.125. The molecule has 0 saturated heterocycles. The van der Waals surface area contributed by atoms with Crippen molar-refractivity contribution in [2.24, 2.45) is 5.92 Å². The smallest absolute Gasteiger partial charge is 0.0384 e. The number of anilines is 2. The first-order valence-electron chi connectivity index (χ1n) is 12.6. The Kier molecular flexibility index (Phi) is 12.0. The summed E-state index contributed by atoms with van der Waals surface area (Å²) in [5, 5.41) is 3.51. The van der Waals surface area contributed by atoms with Gasteiger partial charge in [0, 0.05) is 22.7 Å². The molecule has 4 rings (SSSR count). The Morgan fingerprint density at radius 3 is 1.81 bits per heavy atom. The van der Waals surface area contributed by atoms with Gasteiger partial charge in [-0.1, -0.05) is 121 Å². The Morgan fingerprint density at radius 1 is 0.750 bits per heavy atom. The van der Waals surface area contributed by atoms with Crippen molar-refractivity contribution >= 4 is 11.4 Å². The predicted octanol–water partition coefficient (Wildman–Crippen LogP) is 10.1. The van der Waals surface area contributed by atoms with Crippen LogP contribution in [0.2, 0.25) is 0 Å². The molecule has 0 aromatic heterocycles. The van der Waals surface area contributed by atoms with Gasteiger partial charge in [-0.2, -0.15) is 0 Å². The van der Waals surface area contributed by atoms with Gasteiger partial charge in [0.25, 0.3) is 0 Å². The van der Waals surface area contributed by atoms with Gasteiger partial charge in [-0.3, -0.25) is 0 Å². The fraction of sp³-hybridized carbons (Fsp3) is 0.200. The Balaban J connectivity index is 0.000000693. The SMILES string of the molecule is C=CC.C=CC.Cc1ccc(Nc2ccc(C(C)(C3=CC=CC=CC3)C3C=CC=CC=C3)cc2)cc1. The van der Waals surface area contributed by atoms with Crippen LogP contribution in [0.5, 0.6) is 0 Å². The van der Waals surface area contributed by atoms with Gasteiger partial charge in [-0.25, -0.2) is 0 Å². The third-order valence-corrected chi connectivity index (χ3v) is 6.12. The van der Waals surface area contributed by atoms with Crippen molar-refractivity contribution in [1.29, 1.82) is 0 Å². The molecule has 0 spiro atoms. The van der Waals surface area contributed by atoms with Gasteiger partial charge in [0.2, 0.25) is 0 Å². The molecular weight excluding hydrogens is 434 g/mol. The highest BCUT2D eigenvalue weighted by Gasteiger charge is 2.36. The predicted molar refractivity (Wildman–Crippen MR) is 162 cm³/mol. The van der Waals surface area contributed by atoms with Gasteiger partial charge in [0.15, 0.2) is 0 Å². The number of aryl methyl sites for hydroxylation is 1. The lowest BCUT2D eigenvalue weighted by molar-refractivity contribution is 0.466. The van der Waals surface area contributed by atoms with Crippen LogP contribution in [0.15, 0.2) is 146 Å². The maximum atomic E-state index is 3.51. The van der Waals surface area contributed by atoms with E-state index >= 15 is 0 Å². The maximum absolute atomic E-state index is 3.51. The van der Waals surface area contributed by atoms with Crippen molar-refractivity contribution in [3.05, 3.63) is 157 Å². The lowest BCUT2D eigenvalue weighted by Gasteiger charge is -2.38. The molecule has 1 atom stereocenters. The highest BCUT2D eigenvalue weighted by atomic mass is 14.9. The van der Waals surface area contributed by atoms with E-state index in [2.05, 4.69) is 148 Å². The molecule has 1 nitrogen and oxygen atoms in total. The van der Waals surface area contributed by atoms with E-state index in [4.69, 9.17) is 0 Å². The zero-order chi connectivity index (χ0) is 26.2. The molecule has 0 bridgehead atoms. The zero-order valence-electron chi connectivity index (χ0n) is 22.3. The highest BCUT2D eigenvalue weighted by Crippen LogP contribution is 2.43. The summed E-state index contributed by atoms with van der Waals surface area (Å²) in [7, 11) is 0. The summed E-state index contributed by atoms with van der Waals surface area (Å²) < 4.78 is 0. The molecule has 186 valence electrons. The third kappa shape index (κ3) is 8.13. The van der Waals surface area contributed by atoms with Crippen molar-refractivity contribution in [2.45, 2.75) is 39.5 Å². The largest absolute Gasteiger partial charge is 0.356 e. The van der Waals surface area contributed by atoms with Gasteiger partial charge < -0.3 is 5.32 Å². The first-order valence-corrected chi connectivity index (χ1v) is 12.6. The van der Waals surface area contributed by atoms with Crippen molar-refractivity contribution in [1.82, 2.24) is 0 Å². The van der Waals surface area contributed by atoms with Crippen LogP contribution in [0.4, 0.5) is 11.4 Å². The number of rotatable bonds is 5. The van der Waals surface area contributed by atoms with Crippen LogP contribution in [0, 0.1) is 12.8 Å². The van der Waals surface area contributed by atoms with Crippen LogP contribution in [-0.4, -0.2) is 0 Å². The summed E-state index contributed by atoms with van der Waals surface area (Å²) >= 11 is 0. The minimum atomic E-state index is -0.125. The maximum Gasteiger partial charge on any atom is 0.0384 e. The van der Waals surface area contributed by atoms with Crippen molar-refractivity contribution in [3.63, 3.8) is 0 Å².